The molecule has 1 aliphatic heterocycles. The van der Waals surface area contributed by atoms with Crippen LogP contribution in [0.25, 0.3) is 0 Å². The maximum Gasteiger partial charge on any atom is 0.338 e. The Morgan fingerprint density at radius 3 is 2.10 bits per heavy atom. The van der Waals surface area contributed by atoms with Gasteiger partial charge in [0.1, 0.15) is 0 Å². The maximum absolute atomic E-state index is 12.6. The van der Waals surface area contributed by atoms with Gasteiger partial charge in [0.05, 0.1) is 10.5 Å². The molecule has 0 N–H and O–H groups in total. The van der Waals surface area contributed by atoms with Crippen molar-refractivity contribution in [3.05, 3.63) is 64.7 Å². The lowest BCUT2D eigenvalue weighted by Gasteiger charge is -2.16. The Bertz CT molecular complexity index is 1020. The summed E-state index contributed by atoms with van der Waals surface area (Å²) in [6.07, 6.45) is 0.768. The molecule has 1 fully saturated rings. The van der Waals surface area contributed by atoms with Gasteiger partial charge in [0, 0.05) is 18.7 Å². The van der Waals surface area contributed by atoms with E-state index in [-0.39, 0.29) is 16.2 Å². The fourth-order valence-electron chi connectivity index (χ4n) is 3.25. The molecule has 7 heteroatoms. The van der Waals surface area contributed by atoms with Gasteiger partial charge in [-0.15, -0.1) is 0 Å². The van der Waals surface area contributed by atoms with Crippen LogP contribution < -0.4 is 0 Å². The van der Waals surface area contributed by atoms with E-state index in [0.29, 0.717) is 18.7 Å². The minimum atomic E-state index is -3.53. The molecule has 0 aliphatic carbocycles. The van der Waals surface area contributed by atoms with Crippen LogP contribution in [0.3, 0.4) is 0 Å². The molecule has 0 bridgehead atoms. The molecule has 1 aliphatic rings. The smallest absolute Gasteiger partial charge is 0.338 e. The maximum atomic E-state index is 12.6. The van der Waals surface area contributed by atoms with E-state index < -0.39 is 22.1 Å². The van der Waals surface area contributed by atoms with Crippen molar-refractivity contribution >= 4 is 21.8 Å². The van der Waals surface area contributed by atoms with Crippen molar-refractivity contribution < 1.29 is 22.7 Å². The highest BCUT2D eigenvalue weighted by molar-refractivity contribution is 7.89. The van der Waals surface area contributed by atoms with Gasteiger partial charge in [0.25, 0.3) is 0 Å². The first-order valence-electron chi connectivity index (χ1n) is 9.63. The molecular formula is C22H25NO5S. The summed E-state index contributed by atoms with van der Waals surface area (Å²) in [5.74, 6) is -0.950. The predicted octanol–water partition coefficient (Wildman–Crippen LogP) is 3.52. The number of carbonyl (C=O) groups is 2. The van der Waals surface area contributed by atoms with Crippen molar-refractivity contribution in [1.82, 2.24) is 4.31 Å². The van der Waals surface area contributed by atoms with E-state index in [9.17, 15) is 18.0 Å². The highest BCUT2D eigenvalue weighted by atomic mass is 32.2. The molecule has 2 aromatic carbocycles. The number of Topliss-reactive ketones (excluding diaryl/α,β-unsaturated/α-hetero) is 1. The van der Waals surface area contributed by atoms with E-state index in [1.807, 2.05) is 19.9 Å². The largest absolute Gasteiger partial charge is 0.451 e. The van der Waals surface area contributed by atoms with E-state index in [0.717, 1.165) is 24.0 Å². The minimum absolute atomic E-state index is 0.148. The number of rotatable bonds is 6. The van der Waals surface area contributed by atoms with Crippen molar-refractivity contribution in [2.75, 3.05) is 13.1 Å². The number of benzene rings is 2. The molecule has 29 heavy (non-hydrogen) atoms. The number of ketones is 1. The summed E-state index contributed by atoms with van der Waals surface area (Å²) in [5, 5.41) is 0. The highest BCUT2D eigenvalue weighted by Gasteiger charge is 2.27. The zero-order chi connectivity index (χ0) is 21.2. The zero-order valence-corrected chi connectivity index (χ0v) is 17.7. The van der Waals surface area contributed by atoms with E-state index in [1.165, 1.54) is 35.5 Å². The molecule has 0 unspecified atom stereocenters. The molecule has 2 aromatic rings. The first-order valence-corrected chi connectivity index (χ1v) is 11.1. The number of hydrogen-bond acceptors (Lipinski definition) is 5. The number of sulfonamides is 1. The van der Waals surface area contributed by atoms with Crippen LogP contribution in [0.1, 0.15) is 51.6 Å². The SMILES string of the molecule is Cc1ccc(C(=O)[C@H](C)OC(=O)c2ccc(S(=O)(=O)N3CCCC3)cc2)cc1C. The van der Waals surface area contributed by atoms with E-state index in [4.69, 9.17) is 4.74 Å². The van der Waals surface area contributed by atoms with Gasteiger partial charge in [-0.1, -0.05) is 12.1 Å². The molecule has 0 amide bonds. The summed E-state index contributed by atoms with van der Waals surface area (Å²) in [6, 6.07) is 11.0. The summed E-state index contributed by atoms with van der Waals surface area (Å²) >= 11 is 0. The predicted molar refractivity (Wildman–Crippen MR) is 110 cm³/mol. The second kappa shape index (κ2) is 8.47. The lowest BCUT2D eigenvalue weighted by Crippen LogP contribution is -2.28. The summed E-state index contributed by atoms with van der Waals surface area (Å²) in [6.45, 7) is 6.44. The van der Waals surface area contributed by atoms with Gasteiger partial charge < -0.3 is 4.74 Å². The second-order valence-corrected chi connectivity index (χ2v) is 9.28. The van der Waals surface area contributed by atoms with E-state index in [2.05, 4.69) is 0 Å². The summed E-state index contributed by atoms with van der Waals surface area (Å²) in [5.41, 5.74) is 2.75. The molecular weight excluding hydrogens is 390 g/mol. The Hall–Kier alpha value is -2.51. The van der Waals surface area contributed by atoms with Crippen molar-refractivity contribution in [3.63, 3.8) is 0 Å². The first-order chi connectivity index (χ1) is 13.7. The topological polar surface area (TPSA) is 80.8 Å². The molecule has 1 saturated heterocycles. The lowest BCUT2D eigenvalue weighted by atomic mass is 10.0. The summed E-state index contributed by atoms with van der Waals surface area (Å²) in [4.78, 5) is 25.1. The van der Waals surface area contributed by atoms with Gasteiger partial charge in [-0.05, 0) is 75.1 Å². The van der Waals surface area contributed by atoms with Crippen LogP contribution in [-0.4, -0.2) is 43.7 Å². The molecule has 154 valence electrons. The Balaban J connectivity index is 1.68. The van der Waals surface area contributed by atoms with E-state index >= 15 is 0 Å². The Morgan fingerprint density at radius 1 is 0.931 bits per heavy atom. The van der Waals surface area contributed by atoms with Crippen molar-refractivity contribution in [1.29, 1.82) is 0 Å². The number of aryl methyl sites for hydroxylation is 2. The molecule has 0 aromatic heterocycles. The molecule has 0 radical (unpaired) electrons. The standard InChI is InChI=1S/C22H25NO5S/c1-15-6-7-19(14-16(15)2)21(24)17(3)28-22(25)18-8-10-20(11-9-18)29(26,27)23-12-4-5-13-23/h6-11,14,17H,4-5,12-13H2,1-3H3/t17-/m0/s1. The molecule has 6 nitrogen and oxygen atoms in total. The average molecular weight is 416 g/mol. The second-order valence-electron chi connectivity index (χ2n) is 7.35. The summed E-state index contributed by atoms with van der Waals surface area (Å²) < 4.78 is 31.9. The lowest BCUT2D eigenvalue weighted by molar-refractivity contribution is 0.0318. The van der Waals surface area contributed by atoms with Crippen LogP contribution in [-0.2, 0) is 14.8 Å². The Kier molecular flexibility index (Phi) is 6.19. The number of nitrogens with zero attached hydrogens (tertiary/aromatic N) is 1. The van der Waals surface area contributed by atoms with Crippen LogP contribution in [0.15, 0.2) is 47.4 Å². The van der Waals surface area contributed by atoms with Crippen molar-refractivity contribution in [2.24, 2.45) is 0 Å². The van der Waals surface area contributed by atoms with Gasteiger partial charge in [-0.2, -0.15) is 4.31 Å². The molecule has 1 heterocycles. The van der Waals surface area contributed by atoms with Gasteiger partial charge in [-0.3, -0.25) is 4.79 Å². The average Bonchev–Trinajstić information content (AvgIpc) is 3.25. The van der Waals surface area contributed by atoms with Gasteiger partial charge in [0.15, 0.2) is 6.10 Å². The van der Waals surface area contributed by atoms with Gasteiger partial charge >= 0.3 is 5.97 Å². The molecule has 0 saturated carbocycles. The van der Waals surface area contributed by atoms with Crippen LogP contribution in [0, 0.1) is 13.8 Å². The number of esters is 1. The zero-order valence-electron chi connectivity index (χ0n) is 16.8. The Morgan fingerprint density at radius 2 is 1.52 bits per heavy atom. The van der Waals surface area contributed by atoms with Crippen LogP contribution in [0.2, 0.25) is 0 Å². The molecule has 1 atom stereocenters. The third-order valence-electron chi connectivity index (χ3n) is 5.24. The third kappa shape index (κ3) is 4.57. The number of ether oxygens (including phenoxy) is 1. The monoisotopic (exact) mass is 415 g/mol. The summed E-state index contributed by atoms with van der Waals surface area (Å²) in [7, 11) is -3.53. The van der Waals surface area contributed by atoms with Crippen molar-refractivity contribution in [2.45, 2.75) is 44.6 Å². The number of hydrogen-bond donors (Lipinski definition) is 0. The molecule has 3 rings (SSSR count). The van der Waals surface area contributed by atoms with Crippen molar-refractivity contribution in [3.8, 4) is 0 Å². The van der Waals surface area contributed by atoms with Crippen LogP contribution in [0.4, 0.5) is 0 Å². The molecule has 0 spiro atoms. The van der Waals surface area contributed by atoms with Crippen LogP contribution in [0.5, 0.6) is 0 Å². The van der Waals surface area contributed by atoms with Gasteiger partial charge in [-0.25, -0.2) is 13.2 Å². The quantitative estimate of drug-likeness (QED) is 0.533. The third-order valence-corrected chi connectivity index (χ3v) is 7.15. The Labute approximate surface area is 171 Å². The van der Waals surface area contributed by atoms with Crippen LogP contribution >= 0.6 is 0 Å². The fourth-order valence-corrected chi connectivity index (χ4v) is 4.77. The highest BCUT2D eigenvalue weighted by Crippen LogP contribution is 2.21. The minimum Gasteiger partial charge on any atom is -0.451 e. The normalized spacial score (nSPS) is 15.8. The van der Waals surface area contributed by atoms with E-state index in [1.54, 1.807) is 12.1 Å². The number of carbonyl (C=O) groups excluding carboxylic acids is 2. The van der Waals surface area contributed by atoms with Gasteiger partial charge in [0.2, 0.25) is 15.8 Å². The first kappa shape index (κ1) is 21.2. The fraction of sp³-hybridized carbons (Fsp3) is 0.364.